The predicted molar refractivity (Wildman–Crippen MR) is 81.5 cm³/mol. The van der Waals surface area contributed by atoms with Crippen LogP contribution in [-0.2, 0) is 6.54 Å². The highest BCUT2D eigenvalue weighted by atomic mass is 19.1. The minimum Gasteiger partial charge on any atom is -0.334 e. The lowest BCUT2D eigenvalue weighted by atomic mass is 9.95. The smallest absolute Gasteiger partial charge is 0.123 e. The van der Waals surface area contributed by atoms with Gasteiger partial charge in [0.05, 0.1) is 0 Å². The molecule has 2 heterocycles. The van der Waals surface area contributed by atoms with Crippen LogP contribution in [-0.4, -0.2) is 27.5 Å². The molecule has 21 heavy (non-hydrogen) atoms. The molecule has 1 aliphatic heterocycles. The van der Waals surface area contributed by atoms with E-state index in [-0.39, 0.29) is 5.82 Å². The standard InChI is InChI=1S/C17H22FN3/c1-14-19-9-11-20(14)12-13-21-10-3-2-4-17(21)15-5-7-16(18)8-6-15/h5-9,11,17H,2-4,10,12-13H2,1H3/t17-/m1/s1. The highest BCUT2D eigenvalue weighted by Gasteiger charge is 2.23. The van der Waals surface area contributed by atoms with Crippen LogP contribution in [0.2, 0.25) is 0 Å². The summed E-state index contributed by atoms with van der Waals surface area (Å²) in [7, 11) is 0. The van der Waals surface area contributed by atoms with Gasteiger partial charge < -0.3 is 4.57 Å². The van der Waals surface area contributed by atoms with E-state index in [9.17, 15) is 4.39 Å². The number of hydrogen-bond acceptors (Lipinski definition) is 2. The predicted octanol–water partition coefficient (Wildman–Crippen LogP) is 3.56. The zero-order valence-electron chi connectivity index (χ0n) is 12.5. The van der Waals surface area contributed by atoms with Crippen LogP contribution < -0.4 is 0 Å². The molecule has 3 nitrogen and oxygen atoms in total. The van der Waals surface area contributed by atoms with Gasteiger partial charge in [-0.1, -0.05) is 18.6 Å². The van der Waals surface area contributed by atoms with E-state index in [2.05, 4.69) is 14.5 Å². The molecule has 0 spiro atoms. The van der Waals surface area contributed by atoms with Crippen molar-refractivity contribution in [3.8, 4) is 0 Å². The zero-order chi connectivity index (χ0) is 14.7. The van der Waals surface area contributed by atoms with E-state index in [1.54, 1.807) is 12.1 Å². The normalized spacial score (nSPS) is 19.8. The van der Waals surface area contributed by atoms with Gasteiger partial charge in [-0.05, 0) is 44.0 Å². The maximum Gasteiger partial charge on any atom is 0.123 e. The van der Waals surface area contributed by atoms with Crippen molar-refractivity contribution in [1.29, 1.82) is 0 Å². The van der Waals surface area contributed by atoms with Crippen molar-refractivity contribution in [2.24, 2.45) is 0 Å². The fourth-order valence-electron chi connectivity index (χ4n) is 3.20. The van der Waals surface area contributed by atoms with Gasteiger partial charge in [0.2, 0.25) is 0 Å². The number of benzene rings is 1. The highest BCUT2D eigenvalue weighted by molar-refractivity contribution is 5.20. The second-order valence-electron chi connectivity index (χ2n) is 5.77. The van der Waals surface area contributed by atoms with Crippen molar-refractivity contribution < 1.29 is 4.39 Å². The number of imidazole rings is 1. The van der Waals surface area contributed by atoms with Gasteiger partial charge in [0.1, 0.15) is 11.6 Å². The van der Waals surface area contributed by atoms with Crippen molar-refractivity contribution in [3.63, 3.8) is 0 Å². The van der Waals surface area contributed by atoms with Gasteiger partial charge in [-0.2, -0.15) is 0 Å². The van der Waals surface area contributed by atoms with E-state index in [0.717, 1.165) is 31.9 Å². The average Bonchev–Trinajstić information content (AvgIpc) is 2.92. The highest BCUT2D eigenvalue weighted by Crippen LogP contribution is 2.30. The second-order valence-corrected chi connectivity index (χ2v) is 5.77. The third-order valence-corrected chi connectivity index (χ3v) is 4.42. The molecule has 0 saturated carbocycles. The van der Waals surface area contributed by atoms with Crippen LogP contribution in [0.1, 0.15) is 36.7 Å². The number of nitrogens with zero attached hydrogens (tertiary/aromatic N) is 3. The van der Waals surface area contributed by atoms with E-state index in [1.165, 1.54) is 18.4 Å². The first kappa shape index (κ1) is 14.3. The van der Waals surface area contributed by atoms with Crippen LogP contribution in [0, 0.1) is 12.7 Å². The van der Waals surface area contributed by atoms with Crippen molar-refractivity contribution in [1.82, 2.24) is 14.5 Å². The molecule has 4 heteroatoms. The summed E-state index contributed by atoms with van der Waals surface area (Å²) in [5, 5.41) is 0. The van der Waals surface area contributed by atoms with Crippen LogP contribution in [0.3, 0.4) is 0 Å². The molecule has 1 aromatic carbocycles. The number of aryl methyl sites for hydroxylation is 1. The van der Waals surface area contributed by atoms with E-state index >= 15 is 0 Å². The number of halogens is 1. The lowest BCUT2D eigenvalue weighted by Crippen LogP contribution is -2.35. The molecule has 1 aliphatic rings. The minimum atomic E-state index is -0.157. The second kappa shape index (κ2) is 6.39. The number of rotatable bonds is 4. The maximum absolute atomic E-state index is 13.1. The van der Waals surface area contributed by atoms with Gasteiger partial charge >= 0.3 is 0 Å². The molecule has 112 valence electrons. The van der Waals surface area contributed by atoms with Crippen molar-refractivity contribution in [3.05, 3.63) is 53.9 Å². The van der Waals surface area contributed by atoms with Crippen molar-refractivity contribution in [2.45, 2.75) is 38.8 Å². The van der Waals surface area contributed by atoms with Gasteiger partial charge in [0.25, 0.3) is 0 Å². The molecular formula is C17H22FN3. The van der Waals surface area contributed by atoms with Crippen LogP contribution >= 0.6 is 0 Å². The van der Waals surface area contributed by atoms with Gasteiger partial charge in [-0.15, -0.1) is 0 Å². The van der Waals surface area contributed by atoms with Crippen LogP contribution in [0.5, 0.6) is 0 Å². The van der Waals surface area contributed by atoms with Crippen LogP contribution in [0.25, 0.3) is 0 Å². The summed E-state index contributed by atoms with van der Waals surface area (Å²) in [5.74, 6) is 0.903. The lowest BCUT2D eigenvalue weighted by molar-refractivity contribution is 0.143. The van der Waals surface area contributed by atoms with Gasteiger partial charge in [-0.25, -0.2) is 9.37 Å². The minimum absolute atomic E-state index is 0.157. The Bertz CT molecular complexity index is 576. The summed E-state index contributed by atoms with van der Waals surface area (Å²) in [6.45, 7) is 5.13. The number of piperidine rings is 1. The summed E-state index contributed by atoms with van der Waals surface area (Å²) in [6, 6.07) is 7.43. The summed E-state index contributed by atoms with van der Waals surface area (Å²) >= 11 is 0. The largest absolute Gasteiger partial charge is 0.334 e. The van der Waals surface area contributed by atoms with Gasteiger partial charge in [0, 0.05) is 31.5 Å². The Labute approximate surface area is 125 Å². The molecule has 1 saturated heterocycles. The third-order valence-electron chi connectivity index (χ3n) is 4.42. The lowest BCUT2D eigenvalue weighted by Gasteiger charge is -2.36. The van der Waals surface area contributed by atoms with E-state index in [4.69, 9.17) is 0 Å². The van der Waals surface area contributed by atoms with E-state index in [1.807, 2.05) is 31.5 Å². The molecule has 0 radical (unpaired) electrons. The van der Waals surface area contributed by atoms with Crippen LogP contribution in [0.15, 0.2) is 36.7 Å². The summed E-state index contributed by atoms with van der Waals surface area (Å²) in [6.07, 6.45) is 7.55. The molecule has 2 aromatic rings. The topological polar surface area (TPSA) is 21.1 Å². The number of hydrogen-bond donors (Lipinski definition) is 0. The first-order valence-electron chi connectivity index (χ1n) is 7.71. The quantitative estimate of drug-likeness (QED) is 0.857. The fourth-order valence-corrected chi connectivity index (χ4v) is 3.20. The molecule has 1 atom stereocenters. The molecule has 1 aromatic heterocycles. The number of likely N-dealkylation sites (tertiary alicyclic amines) is 1. The van der Waals surface area contributed by atoms with E-state index in [0.29, 0.717) is 6.04 Å². The van der Waals surface area contributed by atoms with Gasteiger partial charge in [-0.3, -0.25) is 4.90 Å². The Morgan fingerprint density at radius 2 is 2.00 bits per heavy atom. The van der Waals surface area contributed by atoms with Gasteiger partial charge in [0.15, 0.2) is 0 Å². The zero-order valence-corrected chi connectivity index (χ0v) is 12.5. The van der Waals surface area contributed by atoms with Crippen LogP contribution in [0.4, 0.5) is 4.39 Å². The Morgan fingerprint density at radius 3 is 2.71 bits per heavy atom. The fraction of sp³-hybridized carbons (Fsp3) is 0.471. The Balaban J connectivity index is 1.69. The average molecular weight is 287 g/mol. The maximum atomic E-state index is 13.1. The van der Waals surface area contributed by atoms with E-state index < -0.39 is 0 Å². The summed E-state index contributed by atoms with van der Waals surface area (Å²) in [4.78, 5) is 6.79. The summed E-state index contributed by atoms with van der Waals surface area (Å²) < 4.78 is 15.3. The first-order chi connectivity index (χ1) is 10.2. The van der Waals surface area contributed by atoms with Crippen molar-refractivity contribution in [2.75, 3.05) is 13.1 Å². The monoisotopic (exact) mass is 287 g/mol. The molecule has 0 bridgehead atoms. The molecule has 3 rings (SSSR count). The molecule has 0 unspecified atom stereocenters. The molecule has 0 amide bonds. The Hall–Kier alpha value is -1.68. The Morgan fingerprint density at radius 1 is 1.19 bits per heavy atom. The SMILES string of the molecule is Cc1nccn1CCN1CCCC[C@@H]1c1ccc(F)cc1. The Kier molecular flexibility index (Phi) is 4.34. The molecule has 0 N–H and O–H groups in total. The van der Waals surface area contributed by atoms with Crippen molar-refractivity contribution >= 4 is 0 Å². The summed E-state index contributed by atoms with van der Waals surface area (Å²) in [5.41, 5.74) is 1.23. The molecular weight excluding hydrogens is 265 g/mol. The molecule has 1 fully saturated rings. The third kappa shape index (κ3) is 3.32. The number of aromatic nitrogens is 2. The first-order valence-corrected chi connectivity index (χ1v) is 7.71. The molecule has 0 aliphatic carbocycles.